The van der Waals surface area contributed by atoms with E-state index in [1.807, 2.05) is 13.0 Å². The molecule has 0 amide bonds. The van der Waals surface area contributed by atoms with Crippen molar-refractivity contribution in [1.82, 2.24) is 9.97 Å². The molecule has 0 aliphatic heterocycles. The van der Waals surface area contributed by atoms with Crippen LogP contribution < -0.4 is 4.74 Å². The van der Waals surface area contributed by atoms with Crippen LogP contribution in [-0.4, -0.2) is 16.6 Å². The van der Waals surface area contributed by atoms with Crippen LogP contribution in [-0.2, 0) is 0 Å². The Morgan fingerprint density at radius 3 is 2.76 bits per heavy atom. The van der Waals surface area contributed by atoms with Crippen LogP contribution in [0.2, 0.25) is 10.3 Å². The van der Waals surface area contributed by atoms with E-state index in [0.717, 1.165) is 11.3 Å². The minimum Gasteiger partial charge on any atom is -0.493 e. The Labute approximate surface area is 109 Å². The van der Waals surface area contributed by atoms with Crippen LogP contribution in [0.5, 0.6) is 5.75 Å². The maximum atomic E-state index is 5.97. The number of ether oxygens (including phenoxy) is 1. The van der Waals surface area contributed by atoms with Gasteiger partial charge in [0.1, 0.15) is 5.75 Å². The summed E-state index contributed by atoms with van der Waals surface area (Å²) in [7, 11) is 0. The molecule has 17 heavy (non-hydrogen) atoms. The van der Waals surface area contributed by atoms with E-state index in [0.29, 0.717) is 17.3 Å². The van der Waals surface area contributed by atoms with E-state index in [1.54, 1.807) is 24.4 Å². The van der Waals surface area contributed by atoms with E-state index >= 15 is 0 Å². The molecule has 5 heteroatoms. The summed E-state index contributed by atoms with van der Waals surface area (Å²) >= 11 is 11.7. The highest BCUT2D eigenvalue weighted by Gasteiger charge is 2.09. The van der Waals surface area contributed by atoms with Gasteiger partial charge in [-0.15, -0.1) is 0 Å². The largest absolute Gasteiger partial charge is 0.493 e. The molecular formula is C12H10Cl2N2O. The summed E-state index contributed by atoms with van der Waals surface area (Å²) in [6.07, 6.45) is 1.60. The normalized spacial score (nSPS) is 10.3. The minimum absolute atomic E-state index is 0.199. The molecule has 3 nitrogen and oxygen atoms in total. The topological polar surface area (TPSA) is 35.0 Å². The first-order valence-corrected chi connectivity index (χ1v) is 5.87. The highest BCUT2D eigenvalue weighted by atomic mass is 35.5. The second kappa shape index (κ2) is 5.34. The predicted molar refractivity (Wildman–Crippen MR) is 68.7 cm³/mol. The van der Waals surface area contributed by atoms with E-state index in [4.69, 9.17) is 27.9 Å². The van der Waals surface area contributed by atoms with Gasteiger partial charge in [0.25, 0.3) is 0 Å². The van der Waals surface area contributed by atoms with Crippen LogP contribution in [0.1, 0.15) is 6.92 Å². The fourth-order valence-corrected chi connectivity index (χ4v) is 1.79. The lowest BCUT2D eigenvalue weighted by atomic mass is 10.1. The lowest BCUT2D eigenvalue weighted by Gasteiger charge is -2.10. The molecule has 0 atom stereocenters. The molecule has 0 saturated carbocycles. The number of halogens is 2. The average molecular weight is 269 g/mol. The van der Waals surface area contributed by atoms with Crippen molar-refractivity contribution in [3.05, 3.63) is 40.8 Å². The van der Waals surface area contributed by atoms with E-state index < -0.39 is 0 Å². The lowest BCUT2D eigenvalue weighted by Crippen LogP contribution is -1.95. The van der Waals surface area contributed by atoms with Crippen molar-refractivity contribution in [2.45, 2.75) is 6.92 Å². The number of hydrogen-bond acceptors (Lipinski definition) is 3. The molecule has 0 saturated heterocycles. The van der Waals surface area contributed by atoms with Gasteiger partial charge < -0.3 is 4.74 Å². The van der Waals surface area contributed by atoms with Gasteiger partial charge in [0.2, 0.25) is 5.28 Å². The second-order valence-corrected chi connectivity index (χ2v) is 4.06. The molecule has 88 valence electrons. The first kappa shape index (κ1) is 12.1. The van der Waals surface area contributed by atoms with Gasteiger partial charge >= 0.3 is 0 Å². The second-order valence-electron chi connectivity index (χ2n) is 3.28. The molecule has 0 aliphatic rings. The number of aromatic nitrogens is 2. The Morgan fingerprint density at radius 1 is 1.24 bits per heavy atom. The molecule has 0 radical (unpaired) electrons. The van der Waals surface area contributed by atoms with Gasteiger partial charge in [0.15, 0.2) is 0 Å². The van der Waals surface area contributed by atoms with Gasteiger partial charge in [0.05, 0.1) is 12.3 Å². The summed E-state index contributed by atoms with van der Waals surface area (Å²) in [4.78, 5) is 7.99. The molecule has 0 N–H and O–H groups in total. The number of benzene rings is 1. The summed E-state index contributed by atoms with van der Waals surface area (Å²) in [5, 5.41) is 0.822. The summed E-state index contributed by atoms with van der Waals surface area (Å²) in [6.45, 7) is 2.50. The Balaban J connectivity index is 2.52. The average Bonchev–Trinajstić information content (AvgIpc) is 2.32. The summed E-state index contributed by atoms with van der Waals surface area (Å²) in [5.74, 6) is 0.728. The third kappa shape index (κ3) is 2.87. The summed E-state index contributed by atoms with van der Waals surface area (Å²) < 4.78 is 5.52. The summed E-state index contributed by atoms with van der Waals surface area (Å²) in [5.41, 5.74) is 1.50. The fourth-order valence-electron chi connectivity index (χ4n) is 1.47. The highest BCUT2D eigenvalue weighted by molar-refractivity contribution is 6.31. The first-order valence-electron chi connectivity index (χ1n) is 5.12. The van der Waals surface area contributed by atoms with Gasteiger partial charge in [-0.05, 0) is 42.8 Å². The third-order valence-electron chi connectivity index (χ3n) is 2.14. The zero-order chi connectivity index (χ0) is 12.3. The molecule has 0 aliphatic carbocycles. The zero-order valence-electron chi connectivity index (χ0n) is 9.15. The molecule has 2 rings (SSSR count). The van der Waals surface area contributed by atoms with Crippen molar-refractivity contribution in [3.8, 4) is 17.0 Å². The molecule has 0 bridgehead atoms. The van der Waals surface area contributed by atoms with Gasteiger partial charge in [-0.2, -0.15) is 0 Å². The van der Waals surface area contributed by atoms with E-state index in [-0.39, 0.29) is 5.28 Å². The number of nitrogens with zero attached hydrogens (tertiary/aromatic N) is 2. The van der Waals surface area contributed by atoms with Gasteiger partial charge in [-0.25, -0.2) is 9.97 Å². The van der Waals surface area contributed by atoms with Gasteiger partial charge in [0, 0.05) is 16.8 Å². The zero-order valence-corrected chi connectivity index (χ0v) is 10.7. The highest BCUT2D eigenvalue weighted by Crippen LogP contribution is 2.31. The molecule has 1 aromatic heterocycles. The van der Waals surface area contributed by atoms with Crippen molar-refractivity contribution in [3.63, 3.8) is 0 Å². The molecule has 0 fully saturated rings. The molecule has 1 aromatic carbocycles. The third-order valence-corrected chi connectivity index (χ3v) is 2.56. The molecule has 0 spiro atoms. The monoisotopic (exact) mass is 268 g/mol. The Morgan fingerprint density at radius 2 is 2.06 bits per heavy atom. The molecular weight excluding hydrogens is 259 g/mol. The Kier molecular flexibility index (Phi) is 3.82. The van der Waals surface area contributed by atoms with Crippen molar-refractivity contribution in [2.75, 3.05) is 6.61 Å². The van der Waals surface area contributed by atoms with Crippen LogP contribution in [0.4, 0.5) is 0 Å². The van der Waals surface area contributed by atoms with E-state index in [2.05, 4.69) is 9.97 Å². The summed E-state index contributed by atoms with van der Waals surface area (Å²) in [6, 6.07) is 7.15. The maximum absolute atomic E-state index is 5.97. The smallest absolute Gasteiger partial charge is 0.222 e. The van der Waals surface area contributed by atoms with Crippen molar-refractivity contribution in [1.29, 1.82) is 0 Å². The van der Waals surface area contributed by atoms with Crippen LogP contribution in [0.3, 0.4) is 0 Å². The Hall–Kier alpha value is -1.32. The first-order chi connectivity index (χ1) is 8.20. The lowest BCUT2D eigenvalue weighted by molar-refractivity contribution is 0.341. The number of hydrogen-bond donors (Lipinski definition) is 0. The minimum atomic E-state index is 0.199. The van der Waals surface area contributed by atoms with E-state index in [1.165, 1.54) is 0 Å². The quantitative estimate of drug-likeness (QED) is 0.794. The van der Waals surface area contributed by atoms with Crippen LogP contribution >= 0.6 is 23.2 Å². The molecule has 2 aromatic rings. The van der Waals surface area contributed by atoms with Gasteiger partial charge in [-0.3, -0.25) is 0 Å². The SMILES string of the molecule is CCOc1ccc(Cl)cc1-c1ccnc(Cl)n1. The van der Waals surface area contributed by atoms with Crippen LogP contribution in [0, 0.1) is 0 Å². The fraction of sp³-hybridized carbons (Fsp3) is 0.167. The van der Waals surface area contributed by atoms with Gasteiger partial charge in [-0.1, -0.05) is 11.6 Å². The van der Waals surface area contributed by atoms with Crippen molar-refractivity contribution in [2.24, 2.45) is 0 Å². The number of rotatable bonds is 3. The van der Waals surface area contributed by atoms with Crippen LogP contribution in [0.15, 0.2) is 30.5 Å². The van der Waals surface area contributed by atoms with E-state index in [9.17, 15) is 0 Å². The Bertz CT molecular complexity index is 532. The van der Waals surface area contributed by atoms with Crippen molar-refractivity contribution < 1.29 is 4.74 Å². The maximum Gasteiger partial charge on any atom is 0.222 e. The molecule has 0 unspecified atom stereocenters. The van der Waals surface area contributed by atoms with Crippen LogP contribution in [0.25, 0.3) is 11.3 Å². The standard InChI is InChI=1S/C12H10Cl2N2O/c1-2-17-11-4-3-8(13)7-9(11)10-5-6-15-12(14)16-10/h3-7H,2H2,1H3. The van der Waals surface area contributed by atoms with Crippen molar-refractivity contribution >= 4 is 23.2 Å². The predicted octanol–water partition coefficient (Wildman–Crippen LogP) is 3.85. The molecule has 1 heterocycles.